The molecule has 28 heavy (non-hydrogen) atoms. The lowest BCUT2D eigenvalue weighted by Gasteiger charge is -2.25. The molecule has 3 unspecified atom stereocenters. The maximum absolute atomic E-state index is 12.9. The molecule has 2 heterocycles. The molecule has 3 rings (SSSR count). The van der Waals surface area contributed by atoms with Gasteiger partial charge in [0, 0.05) is 19.0 Å². The smallest absolute Gasteiger partial charge is 0.372 e. The monoisotopic (exact) mass is 410 g/mol. The largest absolute Gasteiger partial charge is 0.416 e. The van der Waals surface area contributed by atoms with Gasteiger partial charge in [0.2, 0.25) is 5.91 Å². The molecule has 0 aromatic heterocycles. The summed E-state index contributed by atoms with van der Waals surface area (Å²) >= 11 is 0. The number of halogens is 6. The van der Waals surface area contributed by atoms with E-state index < -0.39 is 29.6 Å². The zero-order valence-electron chi connectivity index (χ0n) is 15.3. The van der Waals surface area contributed by atoms with Crippen molar-refractivity contribution in [1.82, 2.24) is 9.80 Å². The van der Waals surface area contributed by atoms with Crippen molar-refractivity contribution >= 4 is 5.91 Å². The molecular weight excluding hydrogens is 390 g/mol. The Labute approximate surface area is 158 Å². The Morgan fingerprint density at radius 3 is 2.14 bits per heavy atom. The summed E-state index contributed by atoms with van der Waals surface area (Å²) < 4.78 is 83.2. The Bertz CT molecular complexity index is 714. The summed E-state index contributed by atoms with van der Waals surface area (Å²) in [7, 11) is 3.72. The quantitative estimate of drug-likeness (QED) is 0.712. The van der Waals surface area contributed by atoms with Crippen LogP contribution in [-0.2, 0) is 28.5 Å². The molecule has 1 aromatic carbocycles. The van der Waals surface area contributed by atoms with Gasteiger partial charge in [0.05, 0.1) is 29.9 Å². The molecule has 0 aliphatic carbocycles. The highest BCUT2D eigenvalue weighted by Crippen LogP contribution is 2.37. The van der Waals surface area contributed by atoms with Crippen LogP contribution in [0.5, 0.6) is 0 Å². The van der Waals surface area contributed by atoms with Crippen LogP contribution < -0.4 is 0 Å². The highest BCUT2D eigenvalue weighted by molar-refractivity contribution is 5.80. The van der Waals surface area contributed by atoms with Crippen LogP contribution in [0.25, 0.3) is 0 Å². The fourth-order valence-corrected chi connectivity index (χ4v) is 3.87. The van der Waals surface area contributed by atoms with Gasteiger partial charge in [0.25, 0.3) is 0 Å². The van der Waals surface area contributed by atoms with Crippen LogP contribution >= 0.6 is 0 Å². The van der Waals surface area contributed by atoms with E-state index in [4.69, 9.17) is 4.74 Å². The summed E-state index contributed by atoms with van der Waals surface area (Å²) in [5, 5.41) is 0. The first kappa shape index (κ1) is 20.9. The number of carbonyl (C=O) groups is 1. The van der Waals surface area contributed by atoms with Crippen LogP contribution in [0.2, 0.25) is 0 Å². The fourth-order valence-electron chi connectivity index (χ4n) is 3.87. The van der Waals surface area contributed by atoms with Gasteiger partial charge in [-0.15, -0.1) is 0 Å². The van der Waals surface area contributed by atoms with Crippen molar-refractivity contribution in [3.05, 3.63) is 34.9 Å². The molecule has 4 nitrogen and oxygen atoms in total. The van der Waals surface area contributed by atoms with Crippen LogP contribution in [0.15, 0.2) is 18.2 Å². The average Bonchev–Trinajstić information content (AvgIpc) is 3.11. The minimum Gasteiger partial charge on any atom is -0.372 e. The summed E-state index contributed by atoms with van der Waals surface area (Å²) in [4.78, 5) is 15.7. The molecule has 156 valence electrons. The molecule has 2 aliphatic rings. The van der Waals surface area contributed by atoms with Crippen LogP contribution in [0.3, 0.4) is 0 Å². The van der Waals surface area contributed by atoms with Crippen molar-refractivity contribution < 1.29 is 35.9 Å². The summed E-state index contributed by atoms with van der Waals surface area (Å²) in [6.45, 7) is -0.0992. The van der Waals surface area contributed by atoms with Crippen molar-refractivity contribution in [2.75, 3.05) is 20.6 Å². The average molecular weight is 410 g/mol. The number of hydrogen-bond acceptors (Lipinski definition) is 3. The lowest BCUT2D eigenvalue weighted by molar-refractivity contribution is -0.143. The third-order valence-electron chi connectivity index (χ3n) is 5.25. The SMILES string of the molecule is CN(C)C1CC(=O)N2CC(OCc3cc(C(F)(F)F)cc(C(F)(F)F)c3)CC12. The molecule has 0 spiro atoms. The number of carbonyl (C=O) groups excluding carboxylic acids is 1. The lowest BCUT2D eigenvalue weighted by atomic mass is 10.0. The molecule has 10 heteroatoms. The van der Waals surface area contributed by atoms with Gasteiger partial charge in [-0.1, -0.05) is 0 Å². The highest BCUT2D eigenvalue weighted by Gasteiger charge is 2.47. The highest BCUT2D eigenvalue weighted by atomic mass is 19.4. The Hall–Kier alpha value is -1.81. The van der Waals surface area contributed by atoms with Crippen molar-refractivity contribution in [2.24, 2.45) is 0 Å². The molecule has 2 fully saturated rings. The van der Waals surface area contributed by atoms with Gasteiger partial charge in [-0.2, -0.15) is 26.3 Å². The Balaban J connectivity index is 1.72. The molecule has 0 saturated carbocycles. The number of benzene rings is 1. The van der Waals surface area contributed by atoms with E-state index in [1.165, 1.54) is 0 Å². The molecule has 2 saturated heterocycles. The van der Waals surface area contributed by atoms with Crippen molar-refractivity contribution in [3.63, 3.8) is 0 Å². The minimum atomic E-state index is -4.89. The van der Waals surface area contributed by atoms with E-state index >= 15 is 0 Å². The number of likely N-dealkylation sites (N-methyl/N-ethyl adjacent to an activating group) is 1. The maximum Gasteiger partial charge on any atom is 0.416 e. The van der Waals surface area contributed by atoms with Gasteiger partial charge in [-0.05, 0) is 44.3 Å². The first-order chi connectivity index (χ1) is 12.9. The van der Waals surface area contributed by atoms with Gasteiger partial charge < -0.3 is 14.5 Å². The topological polar surface area (TPSA) is 32.8 Å². The summed E-state index contributed by atoms with van der Waals surface area (Å²) in [5.74, 6) is -0.0202. The standard InChI is InChI=1S/C18H20F6N2O2/c1-25(2)14-7-16(27)26-8-13(6-15(14)26)28-9-10-3-11(17(19,20)21)5-12(4-10)18(22,23)24/h3-5,13-15H,6-9H2,1-2H3. The zero-order chi connectivity index (χ0) is 20.9. The van der Waals surface area contributed by atoms with Crippen molar-refractivity contribution in [3.8, 4) is 0 Å². The predicted molar refractivity (Wildman–Crippen MR) is 87.2 cm³/mol. The predicted octanol–water partition coefficient (Wildman–Crippen LogP) is 3.54. The van der Waals surface area contributed by atoms with Crippen LogP contribution in [-0.4, -0.2) is 54.5 Å². The number of nitrogens with zero attached hydrogens (tertiary/aromatic N) is 2. The molecule has 1 aromatic rings. The second-order valence-corrected chi connectivity index (χ2v) is 7.43. The number of fused-ring (bicyclic) bond motifs is 1. The Morgan fingerprint density at radius 2 is 1.64 bits per heavy atom. The first-order valence-corrected chi connectivity index (χ1v) is 8.72. The number of rotatable bonds is 4. The molecule has 3 atom stereocenters. The van der Waals surface area contributed by atoms with E-state index in [1.54, 1.807) is 4.90 Å². The molecular formula is C18H20F6N2O2. The molecule has 0 bridgehead atoms. The third-order valence-corrected chi connectivity index (χ3v) is 5.25. The second-order valence-electron chi connectivity index (χ2n) is 7.43. The Kier molecular flexibility index (Phi) is 5.39. The van der Waals surface area contributed by atoms with E-state index in [2.05, 4.69) is 0 Å². The zero-order valence-corrected chi connectivity index (χ0v) is 15.3. The van der Waals surface area contributed by atoms with Gasteiger partial charge in [-0.25, -0.2) is 0 Å². The van der Waals surface area contributed by atoms with E-state index in [0.29, 0.717) is 31.5 Å². The van der Waals surface area contributed by atoms with Gasteiger partial charge in [0.15, 0.2) is 0 Å². The molecule has 0 N–H and O–H groups in total. The number of ether oxygens (including phenoxy) is 1. The summed E-state index contributed by atoms with van der Waals surface area (Å²) in [5.41, 5.74) is -2.93. The summed E-state index contributed by atoms with van der Waals surface area (Å²) in [6.07, 6.45) is -9.32. The van der Waals surface area contributed by atoms with Gasteiger partial charge >= 0.3 is 12.4 Å². The van der Waals surface area contributed by atoms with Crippen molar-refractivity contribution in [2.45, 2.75) is 50.0 Å². The van der Waals surface area contributed by atoms with E-state index in [0.717, 1.165) is 0 Å². The van der Waals surface area contributed by atoms with Gasteiger partial charge in [0.1, 0.15) is 0 Å². The van der Waals surface area contributed by atoms with Gasteiger partial charge in [-0.3, -0.25) is 4.79 Å². The van der Waals surface area contributed by atoms with Crippen LogP contribution in [0.4, 0.5) is 26.3 Å². The normalized spacial score (nSPS) is 25.7. The maximum atomic E-state index is 12.9. The third kappa shape index (κ3) is 4.27. The summed E-state index contributed by atoms with van der Waals surface area (Å²) in [6, 6.07) is 1.39. The molecule has 0 radical (unpaired) electrons. The van der Waals surface area contributed by atoms with E-state index in [9.17, 15) is 31.1 Å². The second kappa shape index (κ2) is 7.22. The first-order valence-electron chi connectivity index (χ1n) is 8.72. The van der Waals surface area contributed by atoms with Crippen LogP contribution in [0, 0.1) is 0 Å². The molecule has 2 aliphatic heterocycles. The van der Waals surface area contributed by atoms with E-state index in [-0.39, 0.29) is 36.2 Å². The minimum absolute atomic E-state index is 0.0199. The van der Waals surface area contributed by atoms with E-state index in [1.807, 2.05) is 19.0 Å². The fraction of sp³-hybridized carbons (Fsp3) is 0.611. The molecule has 1 amide bonds. The Morgan fingerprint density at radius 1 is 1.07 bits per heavy atom. The van der Waals surface area contributed by atoms with Crippen molar-refractivity contribution in [1.29, 1.82) is 0 Å². The van der Waals surface area contributed by atoms with Crippen LogP contribution in [0.1, 0.15) is 29.5 Å². The number of alkyl halides is 6. The number of amides is 1. The lowest BCUT2D eigenvalue weighted by Crippen LogP contribution is -2.38. The number of hydrogen-bond donors (Lipinski definition) is 0.